The van der Waals surface area contributed by atoms with Gasteiger partial charge in [-0.05, 0) is 31.4 Å². The van der Waals surface area contributed by atoms with Gasteiger partial charge in [0.15, 0.2) is 11.7 Å². The molecule has 0 radical (unpaired) electrons. The Labute approximate surface area is 160 Å². The number of aliphatic imine (C=N–C) groups is 1. The van der Waals surface area contributed by atoms with Gasteiger partial charge in [0, 0.05) is 36.9 Å². The van der Waals surface area contributed by atoms with Crippen molar-refractivity contribution in [1.82, 2.24) is 15.6 Å². The molecule has 1 heterocycles. The first-order valence-electron chi connectivity index (χ1n) is 9.00. The minimum atomic E-state index is -4.38. The first kappa shape index (κ1) is 19.7. The monoisotopic (exact) mass is 396 g/mol. The van der Waals surface area contributed by atoms with Crippen molar-refractivity contribution in [2.75, 3.05) is 13.1 Å². The number of benzene rings is 1. The molecule has 1 saturated carbocycles. The number of alkyl halides is 3. The van der Waals surface area contributed by atoms with Gasteiger partial charge >= 0.3 is 6.18 Å². The van der Waals surface area contributed by atoms with Crippen LogP contribution in [0.25, 0.3) is 0 Å². The highest BCUT2D eigenvalue weighted by molar-refractivity contribution is 7.09. The minimum Gasteiger partial charge on any atom is -0.357 e. The second-order valence-corrected chi connectivity index (χ2v) is 7.53. The van der Waals surface area contributed by atoms with E-state index in [1.165, 1.54) is 11.1 Å². The van der Waals surface area contributed by atoms with Gasteiger partial charge in [0.2, 0.25) is 0 Å². The van der Waals surface area contributed by atoms with Gasteiger partial charge < -0.3 is 10.6 Å². The van der Waals surface area contributed by atoms with Gasteiger partial charge in [-0.2, -0.15) is 13.2 Å². The Kier molecular flexibility index (Phi) is 6.04. The molecule has 0 bridgehead atoms. The molecule has 146 valence electrons. The summed E-state index contributed by atoms with van der Waals surface area (Å²) < 4.78 is 37.8. The molecule has 8 heteroatoms. The van der Waals surface area contributed by atoms with Gasteiger partial charge in [0.25, 0.3) is 0 Å². The van der Waals surface area contributed by atoms with E-state index >= 15 is 0 Å². The van der Waals surface area contributed by atoms with Crippen LogP contribution in [0, 0.1) is 6.92 Å². The molecule has 4 nitrogen and oxygen atoms in total. The number of aromatic nitrogens is 1. The zero-order valence-electron chi connectivity index (χ0n) is 15.3. The molecule has 0 spiro atoms. The molecule has 0 amide bonds. The quantitative estimate of drug-likeness (QED) is 0.570. The largest absolute Gasteiger partial charge is 0.434 e. The fourth-order valence-corrected chi connectivity index (χ4v) is 3.81. The van der Waals surface area contributed by atoms with Gasteiger partial charge in [-0.25, -0.2) is 4.98 Å². The summed E-state index contributed by atoms with van der Waals surface area (Å²) in [5.41, 5.74) is 1.82. The number of aryl methyl sites for hydroxylation is 1. The van der Waals surface area contributed by atoms with E-state index in [1.807, 2.05) is 13.0 Å². The zero-order chi connectivity index (χ0) is 19.4. The van der Waals surface area contributed by atoms with Crippen molar-refractivity contribution in [3.8, 4) is 0 Å². The van der Waals surface area contributed by atoms with E-state index < -0.39 is 11.9 Å². The van der Waals surface area contributed by atoms with Crippen LogP contribution >= 0.6 is 11.3 Å². The number of rotatable bonds is 6. The molecule has 2 aromatic rings. The molecular formula is C19H23F3N4S. The topological polar surface area (TPSA) is 49.3 Å². The highest BCUT2D eigenvalue weighted by atomic mass is 32.1. The number of hydrogen-bond donors (Lipinski definition) is 2. The Bertz CT molecular complexity index is 800. The molecule has 2 atom stereocenters. The summed E-state index contributed by atoms with van der Waals surface area (Å²) in [4.78, 5) is 8.13. The summed E-state index contributed by atoms with van der Waals surface area (Å²) in [6.07, 6.45) is -2.94. The molecule has 0 saturated heterocycles. The molecule has 2 unspecified atom stereocenters. The summed E-state index contributed by atoms with van der Waals surface area (Å²) in [7, 11) is 0. The van der Waals surface area contributed by atoms with E-state index in [0.717, 1.165) is 29.7 Å². The highest BCUT2D eigenvalue weighted by Crippen LogP contribution is 2.42. The van der Waals surface area contributed by atoms with Gasteiger partial charge in [-0.1, -0.05) is 24.3 Å². The van der Waals surface area contributed by atoms with Gasteiger partial charge in [0.05, 0.1) is 5.01 Å². The van der Waals surface area contributed by atoms with Crippen LogP contribution in [0.3, 0.4) is 0 Å². The maximum absolute atomic E-state index is 12.6. The van der Waals surface area contributed by atoms with E-state index in [-0.39, 0.29) is 0 Å². The summed E-state index contributed by atoms with van der Waals surface area (Å²) in [6, 6.07) is 8.71. The smallest absolute Gasteiger partial charge is 0.357 e. The summed E-state index contributed by atoms with van der Waals surface area (Å²) in [5.74, 6) is 1.18. The van der Waals surface area contributed by atoms with Crippen molar-refractivity contribution in [1.29, 1.82) is 0 Å². The summed E-state index contributed by atoms with van der Waals surface area (Å²) >= 11 is 1.03. The van der Waals surface area contributed by atoms with E-state index in [2.05, 4.69) is 45.7 Å². The maximum atomic E-state index is 12.6. The molecule has 1 fully saturated rings. The number of guanidine groups is 1. The summed E-state index contributed by atoms with van der Waals surface area (Å²) in [5, 5.41) is 8.13. The van der Waals surface area contributed by atoms with Crippen LogP contribution < -0.4 is 10.6 Å². The fourth-order valence-electron chi connectivity index (χ4n) is 3.02. The first-order valence-corrected chi connectivity index (χ1v) is 9.88. The van der Waals surface area contributed by atoms with Crippen LogP contribution in [0.4, 0.5) is 13.2 Å². The lowest BCUT2D eigenvalue weighted by molar-refractivity contribution is -0.140. The van der Waals surface area contributed by atoms with Crippen LogP contribution in [0.5, 0.6) is 0 Å². The van der Waals surface area contributed by atoms with Crippen LogP contribution in [0.1, 0.15) is 41.1 Å². The molecule has 1 aromatic carbocycles. The van der Waals surface area contributed by atoms with Crippen LogP contribution in [0.2, 0.25) is 0 Å². The Morgan fingerprint density at radius 2 is 2.11 bits per heavy atom. The van der Waals surface area contributed by atoms with Crippen LogP contribution in [-0.4, -0.2) is 30.1 Å². The SMILES string of the molecule is CCNC(=NCCc1nc(C(F)(F)F)cs1)NC1CC1c1ccccc1C. The third kappa shape index (κ3) is 5.22. The van der Waals surface area contributed by atoms with Crippen molar-refractivity contribution in [2.45, 2.75) is 44.8 Å². The Balaban J connectivity index is 1.55. The molecule has 27 heavy (non-hydrogen) atoms. The van der Waals surface area contributed by atoms with Crippen molar-refractivity contribution in [2.24, 2.45) is 4.99 Å². The second-order valence-electron chi connectivity index (χ2n) is 6.58. The lowest BCUT2D eigenvalue weighted by Crippen LogP contribution is -2.39. The standard InChI is InChI=1S/C19H23F3N4S/c1-3-23-18(24-9-8-17-26-16(11-27-17)19(20,21)22)25-15-10-14(15)13-7-5-4-6-12(13)2/h4-7,11,14-15H,3,8-10H2,1-2H3,(H2,23,24,25). The predicted molar refractivity (Wildman–Crippen MR) is 102 cm³/mol. The van der Waals surface area contributed by atoms with Crippen molar-refractivity contribution in [3.63, 3.8) is 0 Å². The molecular weight excluding hydrogens is 373 g/mol. The van der Waals surface area contributed by atoms with E-state index in [9.17, 15) is 13.2 Å². The maximum Gasteiger partial charge on any atom is 0.434 e. The molecule has 2 N–H and O–H groups in total. The Morgan fingerprint density at radius 3 is 2.78 bits per heavy atom. The van der Waals surface area contributed by atoms with Gasteiger partial charge in [-0.3, -0.25) is 4.99 Å². The lowest BCUT2D eigenvalue weighted by Gasteiger charge is -2.11. The molecule has 0 aliphatic heterocycles. The lowest BCUT2D eigenvalue weighted by atomic mass is 10.0. The molecule has 1 aromatic heterocycles. The third-order valence-electron chi connectivity index (χ3n) is 4.48. The Hall–Kier alpha value is -2.09. The zero-order valence-corrected chi connectivity index (χ0v) is 16.1. The van der Waals surface area contributed by atoms with Crippen molar-refractivity contribution >= 4 is 17.3 Å². The van der Waals surface area contributed by atoms with E-state index in [0.29, 0.717) is 35.9 Å². The van der Waals surface area contributed by atoms with E-state index in [1.54, 1.807) is 0 Å². The normalized spacial score (nSPS) is 19.8. The number of halogens is 3. The number of nitrogens with zero attached hydrogens (tertiary/aromatic N) is 2. The molecule has 1 aliphatic rings. The molecule has 3 rings (SSSR count). The minimum absolute atomic E-state index is 0.334. The van der Waals surface area contributed by atoms with Crippen molar-refractivity contribution in [3.05, 3.63) is 51.5 Å². The van der Waals surface area contributed by atoms with Crippen molar-refractivity contribution < 1.29 is 13.2 Å². The average molecular weight is 396 g/mol. The van der Waals surface area contributed by atoms with E-state index in [4.69, 9.17) is 0 Å². The predicted octanol–water partition coefficient (Wildman–Crippen LogP) is 4.12. The van der Waals surface area contributed by atoms with Gasteiger partial charge in [0.1, 0.15) is 0 Å². The summed E-state index contributed by atoms with van der Waals surface area (Å²) in [6.45, 7) is 5.22. The molecule has 1 aliphatic carbocycles. The fraction of sp³-hybridized carbons (Fsp3) is 0.474. The number of thiazole rings is 1. The van der Waals surface area contributed by atoms with Crippen LogP contribution in [0.15, 0.2) is 34.6 Å². The second kappa shape index (κ2) is 8.29. The Morgan fingerprint density at radius 1 is 1.33 bits per heavy atom. The first-order chi connectivity index (χ1) is 12.9. The average Bonchev–Trinajstić information content (AvgIpc) is 3.18. The van der Waals surface area contributed by atoms with Crippen LogP contribution in [-0.2, 0) is 12.6 Å². The number of nitrogens with one attached hydrogen (secondary N) is 2. The third-order valence-corrected chi connectivity index (χ3v) is 5.39. The van der Waals surface area contributed by atoms with Gasteiger partial charge in [-0.15, -0.1) is 11.3 Å². The number of hydrogen-bond acceptors (Lipinski definition) is 3. The highest BCUT2D eigenvalue weighted by Gasteiger charge is 2.39.